The minimum absolute atomic E-state index is 0.0427. The van der Waals surface area contributed by atoms with Crippen molar-refractivity contribution in [2.45, 2.75) is 66.2 Å². The highest BCUT2D eigenvalue weighted by Crippen LogP contribution is 2.32. The molecule has 0 aliphatic carbocycles. The molecule has 27 heavy (non-hydrogen) atoms. The predicted molar refractivity (Wildman–Crippen MR) is 117 cm³/mol. The van der Waals surface area contributed by atoms with Crippen LogP contribution in [0.25, 0.3) is 0 Å². The van der Waals surface area contributed by atoms with E-state index in [2.05, 4.69) is 43.9 Å². The lowest BCUT2D eigenvalue weighted by atomic mass is 10.0. The maximum Gasteiger partial charge on any atom is 0.284 e. The Morgan fingerprint density at radius 2 is 1.81 bits per heavy atom. The molecule has 2 aromatic rings. The number of halogens is 2. The number of hydrogen-bond acceptors (Lipinski definition) is 3. The van der Waals surface area contributed by atoms with Crippen LogP contribution in [0.2, 0.25) is 0 Å². The van der Waals surface area contributed by atoms with E-state index in [4.69, 9.17) is 4.74 Å². The molecule has 6 heteroatoms. The Labute approximate surface area is 178 Å². The highest BCUT2D eigenvalue weighted by atomic mass is 79.9. The second kappa shape index (κ2) is 10.4. The predicted octanol–water partition coefficient (Wildman–Crippen LogP) is 6.57. The molecule has 0 atom stereocenters. The Bertz CT molecular complexity index is 777. The molecule has 1 aromatic heterocycles. The van der Waals surface area contributed by atoms with Crippen molar-refractivity contribution < 1.29 is 9.53 Å². The van der Waals surface area contributed by atoms with Gasteiger partial charge in [-0.3, -0.25) is 4.79 Å². The number of benzene rings is 1. The molecule has 0 aliphatic heterocycles. The number of unbranched alkanes of at least 4 members (excludes halogenated alkanes) is 4. The molecular weight excluding hydrogens is 472 g/mol. The van der Waals surface area contributed by atoms with Crippen LogP contribution in [0.5, 0.6) is 5.75 Å². The van der Waals surface area contributed by atoms with E-state index in [1.165, 1.54) is 35.9 Å². The Morgan fingerprint density at radius 3 is 2.48 bits per heavy atom. The maximum atomic E-state index is 12.7. The molecule has 0 amide bonds. The standard InChI is InChI=1S/C21H28Br2N2O2/c1-5-6-7-8-9-10-18-15(3)24-25(16(18)4)20(26)13-27-21-14(2)11-17(22)12-19(21)23/h11-12H,5-10,13H2,1-4H3. The van der Waals surface area contributed by atoms with Crippen LogP contribution < -0.4 is 4.74 Å². The first-order valence-electron chi connectivity index (χ1n) is 9.51. The number of carbonyl (C=O) groups excluding carboxylic acids is 1. The third-order valence-corrected chi connectivity index (χ3v) is 5.79. The minimum Gasteiger partial charge on any atom is -0.482 e. The van der Waals surface area contributed by atoms with Crippen molar-refractivity contribution in [3.8, 4) is 5.75 Å². The first-order chi connectivity index (χ1) is 12.8. The minimum atomic E-state index is -0.151. The number of aromatic nitrogens is 2. The summed E-state index contributed by atoms with van der Waals surface area (Å²) in [6, 6.07) is 3.87. The molecule has 0 bridgehead atoms. The number of nitrogens with zero attached hydrogens (tertiary/aromatic N) is 2. The number of rotatable bonds is 9. The van der Waals surface area contributed by atoms with Crippen LogP contribution in [0.1, 0.15) is 66.3 Å². The molecule has 0 fully saturated rings. The van der Waals surface area contributed by atoms with Crippen LogP contribution >= 0.6 is 31.9 Å². The molecule has 1 aromatic carbocycles. The summed E-state index contributed by atoms with van der Waals surface area (Å²) in [7, 11) is 0. The average Bonchev–Trinajstić information content (AvgIpc) is 2.88. The fourth-order valence-corrected chi connectivity index (χ4v) is 4.81. The van der Waals surface area contributed by atoms with Crippen LogP contribution in [-0.2, 0) is 6.42 Å². The van der Waals surface area contributed by atoms with Crippen LogP contribution in [0.4, 0.5) is 0 Å². The lowest BCUT2D eigenvalue weighted by Crippen LogP contribution is -2.22. The molecule has 4 nitrogen and oxygen atoms in total. The zero-order valence-corrected chi connectivity index (χ0v) is 19.7. The summed E-state index contributed by atoms with van der Waals surface area (Å²) < 4.78 is 9.08. The van der Waals surface area contributed by atoms with Gasteiger partial charge in [-0.2, -0.15) is 5.10 Å². The smallest absolute Gasteiger partial charge is 0.284 e. The quantitative estimate of drug-likeness (QED) is 0.366. The lowest BCUT2D eigenvalue weighted by molar-refractivity contribution is 0.0817. The van der Waals surface area contributed by atoms with E-state index in [1.54, 1.807) is 0 Å². The SMILES string of the molecule is CCCCCCCc1c(C)nn(C(=O)COc2c(C)cc(Br)cc2Br)c1C. The van der Waals surface area contributed by atoms with Crippen molar-refractivity contribution in [1.82, 2.24) is 9.78 Å². The normalized spacial score (nSPS) is 11.0. The van der Waals surface area contributed by atoms with Crippen molar-refractivity contribution in [2.75, 3.05) is 6.61 Å². The molecule has 0 saturated carbocycles. The molecule has 0 aliphatic rings. The number of hydrogen-bond donors (Lipinski definition) is 0. The van der Waals surface area contributed by atoms with E-state index in [9.17, 15) is 4.79 Å². The molecule has 0 spiro atoms. The van der Waals surface area contributed by atoms with Gasteiger partial charge in [0.15, 0.2) is 6.61 Å². The summed E-state index contributed by atoms with van der Waals surface area (Å²) in [6.45, 7) is 8.09. The van der Waals surface area contributed by atoms with Gasteiger partial charge in [-0.15, -0.1) is 0 Å². The molecule has 0 saturated heterocycles. The second-order valence-corrected chi connectivity index (χ2v) is 8.71. The number of carbonyl (C=O) groups is 1. The average molecular weight is 500 g/mol. The topological polar surface area (TPSA) is 44.1 Å². The van der Waals surface area contributed by atoms with Crippen LogP contribution in [-0.4, -0.2) is 22.3 Å². The van der Waals surface area contributed by atoms with E-state index in [0.717, 1.165) is 38.7 Å². The molecule has 1 heterocycles. The van der Waals surface area contributed by atoms with Gasteiger partial charge >= 0.3 is 0 Å². The van der Waals surface area contributed by atoms with Gasteiger partial charge in [0.05, 0.1) is 10.2 Å². The first kappa shape index (κ1) is 22.2. The summed E-state index contributed by atoms with van der Waals surface area (Å²) in [4.78, 5) is 12.7. The van der Waals surface area contributed by atoms with Crippen LogP contribution in [0, 0.1) is 20.8 Å². The largest absolute Gasteiger partial charge is 0.482 e. The molecule has 0 unspecified atom stereocenters. The molecule has 2 rings (SSSR count). The Kier molecular flexibility index (Phi) is 8.55. The third kappa shape index (κ3) is 5.92. The Balaban J connectivity index is 2.02. The van der Waals surface area contributed by atoms with Crippen molar-refractivity contribution in [3.63, 3.8) is 0 Å². The van der Waals surface area contributed by atoms with Gasteiger partial charge in [0.1, 0.15) is 5.75 Å². The summed E-state index contributed by atoms with van der Waals surface area (Å²) in [5, 5.41) is 4.46. The Morgan fingerprint density at radius 1 is 1.11 bits per heavy atom. The van der Waals surface area contributed by atoms with E-state index >= 15 is 0 Å². The maximum absolute atomic E-state index is 12.7. The van der Waals surface area contributed by atoms with E-state index in [0.29, 0.717) is 5.75 Å². The fraction of sp³-hybridized carbons (Fsp3) is 0.524. The summed E-state index contributed by atoms with van der Waals surface area (Å²) in [6.07, 6.45) is 7.16. The summed E-state index contributed by atoms with van der Waals surface area (Å²) in [5.74, 6) is 0.534. The molecule has 148 valence electrons. The van der Waals surface area contributed by atoms with Gasteiger partial charge in [-0.1, -0.05) is 48.5 Å². The molecular formula is C21H28Br2N2O2. The van der Waals surface area contributed by atoms with Crippen LogP contribution in [0.15, 0.2) is 21.1 Å². The Hall–Kier alpha value is -1.14. The van der Waals surface area contributed by atoms with E-state index in [-0.39, 0.29) is 12.5 Å². The van der Waals surface area contributed by atoms with Gasteiger partial charge in [0.25, 0.3) is 5.91 Å². The van der Waals surface area contributed by atoms with E-state index < -0.39 is 0 Å². The van der Waals surface area contributed by atoms with Crippen molar-refractivity contribution in [3.05, 3.63) is 43.6 Å². The first-order valence-corrected chi connectivity index (χ1v) is 11.1. The molecule has 0 N–H and O–H groups in total. The highest BCUT2D eigenvalue weighted by Gasteiger charge is 2.18. The monoisotopic (exact) mass is 498 g/mol. The third-order valence-electron chi connectivity index (χ3n) is 4.74. The van der Waals surface area contributed by atoms with Crippen molar-refractivity contribution >= 4 is 37.8 Å². The summed E-state index contributed by atoms with van der Waals surface area (Å²) in [5.41, 5.74) is 4.03. The van der Waals surface area contributed by atoms with Gasteiger partial charge < -0.3 is 4.74 Å². The van der Waals surface area contributed by atoms with Gasteiger partial charge in [0, 0.05) is 10.2 Å². The van der Waals surface area contributed by atoms with Crippen molar-refractivity contribution in [1.29, 1.82) is 0 Å². The number of ether oxygens (including phenoxy) is 1. The van der Waals surface area contributed by atoms with Gasteiger partial charge in [0.2, 0.25) is 0 Å². The zero-order chi connectivity index (χ0) is 20.0. The summed E-state index contributed by atoms with van der Waals surface area (Å²) >= 11 is 6.94. The highest BCUT2D eigenvalue weighted by molar-refractivity contribution is 9.11. The van der Waals surface area contributed by atoms with E-state index in [1.807, 2.05) is 32.9 Å². The number of aryl methyl sites for hydroxylation is 2. The molecule has 0 radical (unpaired) electrons. The van der Waals surface area contributed by atoms with Crippen LogP contribution in [0.3, 0.4) is 0 Å². The second-order valence-electron chi connectivity index (χ2n) is 6.94. The van der Waals surface area contributed by atoms with Gasteiger partial charge in [-0.25, -0.2) is 4.68 Å². The lowest BCUT2D eigenvalue weighted by Gasteiger charge is -2.11. The zero-order valence-electron chi connectivity index (χ0n) is 16.6. The van der Waals surface area contributed by atoms with Crippen molar-refractivity contribution in [2.24, 2.45) is 0 Å². The van der Waals surface area contributed by atoms with Gasteiger partial charge in [-0.05, 0) is 72.8 Å². The fourth-order valence-electron chi connectivity index (χ4n) is 3.25.